The number of benzene rings is 1. The van der Waals surface area contributed by atoms with Gasteiger partial charge in [0.1, 0.15) is 5.54 Å². The maximum atomic E-state index is 5.46. The van der Waals surface area contributed by atoms with E-state index in [2.05, 4.69) is 48.3 Å². The summed E-state index contributed by atoms with van der Waals surface area (Å²) in [5.41, 5.74) is 1.58. The highest BCUT2D eigenvalue weighted by Crippen LogP contribution is 2.35. The molecule has 1 aromatic rings. The van der Waals surface area contributed by atoms with Crippen molar-refractivity contribution in [2.45, 2.75) is 25.8 Å². The monoisotopic (exact) mass is 279 g/mol. The Kier molecular flexibility index (Phi) is 4.94. The summed E-state index contributed by atoms with van der Waals surface area (Å²) in [4.78, 5) is 0. The highest BCUT2D eigenvalue weighted by atomic mass is 15.5. The molecule has 0 saturated heterocycles. The molecule has 0 spiro atoms. The van der Waals surface area contributed by atoms with Gasteiger partial charge in [-0.1, -0.05) is 47.6 Å². The average molecular weight is 279 g/mol. The van der Waals surface area contributed by atoms with E-state index in [1.54, 1.807) is 0 Å². The lowest BCUT2D eigenvalue weighted by atomic mass is 9.83. The first kappa shape index (κ1) is 15.1. The molecule has 108 valence electrons. The lowest BCUT2D eigenvalue weighted by Gasteiger charge is -2.28. The van der Waals surface area contributed by atoms with Crippen molar-refractivity contribution in [1.82, 2.24) is 5.01 Å². The summed E-state index contributed by atoms with van der Waals surface area (Å²) in [5, 5.41) is 11.0. The summed E-state index contributed by atoms with van der Waals surface area (Å²) in [6.07, 6.45) is 12.3. The van der Waals surface area contributed by atoms with Gasteiger partial charge in [0, 0.05) is 25.1 Å². The predicted octanol–water partition coefficient (Wildman–Crippen LogP) is 4.11. The molecule has 3 nitrogen and oxygen atoms in total. The molecule has 0 fully saturated rings. The van der Waals surface area contributed by atoms with Crippen LogP contribution in [0.5, 0.6) is 0 Å². The van der Waals surface area contributed by atoms with E-state index in [1.807, 2.05) is 35.4 Å². The predicted molar refractivity (Wildman–Crippen MR) is 86.6 cm³/mol. The Morgan fingerprint density at radius 3 is 2.48 bits per heavy atom. The van der Waals surface area contributed by atoms with Gasteiger partial charge in [-0.2, -0.15) is 5.11 Å². The molecule has 21 heavy (non-hydrogen) atoms. The third-order valence-corrected chi connectivity index (χ3v) is 3.69. The largest absolute Gasteiger partial charge is 0.279 e. The van der Waals surface area contributed by atoms with Crippen LogP contribution < -0.4 is 0 Å². The van der Waals surface area contributed by atoms with Crippen LogP contribution in [0.1, 0.15) is 25.8 Å². The first-order valence-corrected chi connectivity index (χ1v) is 7.33. The van der Waals surface area contributed by atoms with Crippen molar-refractivity contribution in [1.29, 1.82) is 0 Å². The zero-order valence-corrected chi connectivity index (χ0v) is 12.7. The van der Waals surface area contributed by atoms with E-state index in [9.17, 15) is 0 Å². The van der Waals surface area contributed by atoms with Gasteiger partial charge in [0.05, 0.1) is 0 Å². The van der Waals surface area contributed by atoms with E-state index in [-0.39, 0.29) is 0 Å². The zero-order chi connectivity index (χ0) is 15.1. The van der Waals surface area contributed by atoms with Crippen molar-refractivity contribution in [3.63, 3.8) is 0 Å². The molecule has 3 heteroatoms. The van der Waals surface area contributed by atoms with Crippen LogP contribution in [0.15, 0.2) is 64.5 Å². The second kappa shape index (κ2) is 6.90. The first-order chi connectivity index (χ1) is 10.2. The van der Waals surface area contributed by atoms with Crippen LogP contribution in [-0.2, 0) is 5.54 Å². The third-order valence-electron chi connectivity index (χ3n) is 3.69. The minimum atomic E-state index is -0.454. The van der Waals surface area contributed by atoms with Gasteiger partial charge in [0.25, 0.3) is 0 Å². The van der Waals surface area contributed by atoms with Crippen LogP contribution >= 0.6 is 0 Å². The van der Waals surface area contributed by atoms with Gasteiger partial charge in [0.15, 0.2) is 0 Å². The second-order valence-electron chi connectivity index (χ2n) is 4.96. The van der Waals surface area contributed by atoms with Crippen molar-refractivity contribution < 1.29 is 0 Å². The Morgan fingerprint density at radius 2 is 1.95 bits per heavy atom. The summed E-state index contributed by atoms with van der Waals surface area (Å²) in [6, 6.07) is 10.2. The molecule has 0 saturated carbocycles. The van der Waals surface area contributed by atoms with Crippen molar-refractivity contribution in [2.75, 3.05) is 13.1 Å². The van der Waals surface area contributed by atoms with Gasteiger partial charge in [-0.15, -0.1) is 6.42 Å². The Morgan fingerprint density at radius 1 is 1.24 bits per heavy atom. The highest BCUT2D eigenvalue weighted by Gasteiger charge is 2.30. The Labute approximate surface area is 127 Å². The van der Waals surface area contributed by atoms with E-state index in [0.717, 1.165) is 30.6 Å². The van der Waals surface area contributed by atoms with Gasteiger partial charge >= 0.3 is 0 Å². The molecule has 0 aromatic heterocycles. The van der Waals surface area contributed by atoms with Crippen molar-refractivity contribution in [3.8, 4) is 12.3 Å². The summed E-state index contributed by atoms with van der Waals surface area (Å²) >= 11 is 0. The molecule has 1 unspecified atom stereocenters. The average Bonchev–Trinajstić information content (AvgIpc) is 2.57. The fourth-order valence-electron chi connectivity index (χ4n) is 2.30. The fourth-order valence-corrected chi connectivity index (χ4v) is 2.30. The molecule has 1 atom stereocenters. The third kappa shape index (κ3) is 3.41. The molecule has 0 N–H and O–H groups in total. The van der Waals surface area contributed by atoms with Crippen LogP contribution in [0, 0.1) is 12.3 Å². The van der Waals surface area contributed by atoms with E-state index < -0.39 is 5.54 Å². The zero-order valence-electron chi connectivity index (χ0n) is 12.7. The number of hydrogen-bond acceptors (Lipinski definition) is 2. The van der Waals surface area contributed by atoms with Crippen LogP contribution in [0.3, 0.4) is 0 Å². The van der Waals surface area contributed by atoms with Crippen molar-refractivity contribution in [3.05, 3.63) is 59.7 Å². The Bertz CT molecular complexity index is 589. The SMILES string of the molecule is C#CC1=CCC(N=NN(CC)CC)(c2ccccc2)C=C1. The lowest BCUT2D eigenvalue weighted by Crippen LogP contribution is -2.24. The number of allylic oxidation sites excluding steroid dienone is 2. The van der Waals surface area contributed by atoms with E-state index in [4.69, 9.17) is 6.42 Å². The molecule has 0 bridgehead atoms. The molecule has 1 aliphatic carbocycles. The Balaban J connectivity index is 2.36. The van der Waals surface area contributed by atoms with E-state index in [1.165, 1.54) is 0 Å². The van der Waals surface area contributed by atoms with Crippen LogP contribution in [-0.4, -0.2) is 18.1 Å². The summed E-state index contributed by atoms with van der Waals surface area (Å²) in [6.45, 7) is 5.84. The van der Waals surface area contributed by atoms with Crippen LogP contribution in [0.4, 0.5) is 0 Å². The molecule has 0 radical (unpaired) electrons. The molecule has 1 aliphatic rings. The van der Waals surface area contributed by atoms with Gasteiger partial charge in [-0.25, -0.2) is 0 Å². The smallest absolute Gasteiger partial charge is 0.130 e. The van der Waals surface area contributed by atoms with E-state index in [0.29, 0.717) is 0 Å². The first-order valence-electron chi connectivity index (χ1n) is 7.33. The minimum absolute atomic E-state index is 0.454. The molecule has 0 heterocycles. The second-order valence-corrected chi connectivity index (χ2v) is 4.96. The number of hydrogen-bond donors (Lipinski definition) is 0. The topological polar surface area (TPSA) is 28.0 Å². The number of terminal acetylenes is 1. The van der Waals surface area contributed by atoms with Crippen LogP contribution in [0.25, 0.3) is 0 Å². The maximum absolute atomic E-state index is 5.46. The standard InChI is InChI=1S/C18H21N3/c1-4-16-12-14-18(15-13-16,17-10-8-7-9-11-17)19-20-21(5-2)6-3/h1,7-14H,5-6,15H2,2-3H3. The van der Waals surface area contributed by atoms with E-state index >= 15 is 0 Å². The highest BCUT2D eigenvalue weighted by molar-refractivity contribution is 5.44. The van der Waals surface area contributed by atoms with Gasteiger partial charge < -0.3 is 0 Å². The Hall–Kier alpha value is -2.34. The van der Waals surface area contributed by atoms with Crippen LogP contribution in [0.2, 0.25) is 0 Å². The van der Waals surface area contributed by atoms with Gasteiger partial charge in [-0.3, -0.25) is 5.01 Å². The molecule has 0 aliphatic heterocycles. The molecule has 2 rings (SSSR count). The summed E-state index contributed by atoms with van der Waals surface area (Å²) in [7, 11) is 0. The van der Waals surface area contributed by atoms with Gasteiger partial charge in [0.2, 0.25) is 0 Å². The number of nitrogens with zero attached hydrogens (tertiary/aromatic N) is 3. The normalized spacial score (nSPS) is 21.1. The van der Waals surface area contributed by atoms with Crippen molar-refractivity contribution in [2.24, 2.45) is 10.3 Å². The number of rotatable bonds is 5. The maximum Gasteiger partial charge on any atom is 0.130 e. The quantitative estimate of drug-likeness (QED) is 0.453. The van der Waals surface area contributed by atoms with Crippen molar-refractivity contribution >= 4 is 0 Å². The minimum Gasteiger partial charge on any atom is -0.279 e. The molecule has 1 aromatic carbocycles. The lowest BCUT2D eigenvalue weighted by molar-refractivity contribution is 0.279. The van der Waals surface area contributed by atoms with Gasteiger partial charge in [-0.05, 0) is 31.6 Å². The summed E-state index contributed by atoms with van der Waals surface area (Å²) < 4.78 is 0. The molecule has 0 amide bonds. The molecular formula is C18H21N3. The molecular weight excluding hydrogens is 258 g/mol. The summed E-state index contributed by atoms with van der Waals surface area (Å²) in [5.74, 6) is 2.67. The fraction of sp³-hybridized carbons (Fsp3) is 0.333.